The zero-order valence-corrected chi connectivity index (χ0v) is 10.6. The van der Waals surface area contributed by atoms with Gasteiger partial charge in [0, 0.05) is 5.57 Å². The highest BCUT2D eigenvalue weighted by Crippen LogP contribution is 2.32. The highest BCUT2D eigenvalue weighted by molar-refractivity contribution is 5.88. The molecule has 0 aromatic rings. The van der Waals surface area contributed by atoms with E-state index in [4.69, 9.17) is 9.47 Å². The van der Waals surface area contributed by atoms with Gasteiger partial charge >= 0.3 is 5.97 Å². The van der Waals surface area contributed by atoms with Gasteiger partial charge in [-0.1, -0.05) is 32.4 Å². The summed E-state index contributed by atoms with van der Waals surface area (Å²) in [7, 11) is 0. The third kappa shape index (κ3) is 4.73. The first kappa shape index (κ1) is 14.0. The summed E-state index contributed by atoms with van der Waals surface area (Å²) in [6.45, 7) is 9.98. The second-order valence-corrected chi connectivity index (χ2v) is 4.69. The van der Waals surface area contributed by atoms with Crippen LogP contribution in [0.3, 0.4) is 0 Å². The summed E-state index contributed by atoms with van der Waals surface area (Å²) in [6.07, 6.45) is 6.05. The molecule has 0 radical (unpaired) electrons. The largest absolute Gasteiger partial charge is 0.435 e. The van der Waals surface area contributed by atoms with Gasteiger partial charge in [0.25, 0.3) is 0 Å². The number of hydrogen-bond acceptors (Lipinski definition) is 3. The molecule has 1 saturated carbocycles. The van der Waals surface area contributed by atoms with E-state index in [-0.39, 0.29) is 18.7 Å². The Morgan fingerprint density at radius 1 is 1.35 bits per heavy atom. The molecule has 96 valence electrons. The van der Waals surface area contributed by atoms with Gasteiger partial charge in [0.15, 0.2) is 6.79 Å². The van der Waals surface area contributed by atoms with Crippen LogP contribution in [-0.2, 0) is 14.3 Å². The quantitative estimate of drug-likeness (QED) is 0.234. The van der Waals surface area contributed by atoms with Gasteiger partial charge in [0.05, 0.1) is 6.61 Å². The summed E-state index contributed by atoms with van der Waals surface area (Å²) in [6, 6.07) is 0. The predicted molar refractivity (Wildman–Crippen MR) is 67.4 cm³/mol. The van der Waals surface area contributed by atoms with Gasteiger partial charge in [-0.05, 0) is 24.7 Å². The summed E-state index contributed by atoms with van der Waals surface area (Å²) in [5.41, 5.74) is 0.596. The van der Waals surface area contributed by atoms with E-state index >= 15 is 0 Å². The molecule has 0 bridgehead atoms. The van der Waals surface area contributed by atoms with Gasteiger partial charge in [-0.3, -0.25) is 0 Å². The van der Waals surface area contributed by atoms with Gasteiger partial charge in [-0.2, -0.15) is 0 Å². The van der Waals surface area contributed by atoms with Crippen LogP contribution in [0.5, 0.6) is 0 Å². The minimum Gasteiger partial charge on any atom is -0.435 e. The Kier molecular flexibility index (Phi) is 5.98. The van der Waals surface area contributed by atoms with Gasteiger partial charge in [0.1, 0.15) is 0 Å². The number of ether oxygens (including phenoxy) is 2. The molecule has 0 atom stereocenters. The number of carbonyl (C=O) groups is 1. The van der Waals surface area contributed by atoms with Gasteiger partial charge in [-0.25, -0.2) is 4.79 Å². The molecule has 0 heterocycles. The highest BCUT2D eigenvalue weighted by Gasteiger charge is 2.24. The van der Waals surface area contributed by atoms with Crippen molar-refractivity contribution < 1.29 is 14.3 Å². The summed E-state index contributed by atoms with van der Waals surface area (Å²) < 4.78 is 9.98. The van der Waals surface area contributed by atoms with Crippen LogP contribution in [0.4, 0.5) is 0 Å². The van der Waals surface area contributed by atoms with Crippen LogP contribution in [0.15, 0.2) is 24.8 Å². The average Bonchev–Trinajstić information content (AvgIpc) is 2.34. The molecule has 17 heavy (non-hydrogen) atoms. The van der Waals surface area contributed by atoms with Crippen LogP contribution in [0, 0.1) is 11.8 Å². The second-order valence-electron chi connectivity index (χ2n) is 4.69. The lowest BCUT2D eigenvalue weighted by Gasteiger charge is -2.26. The number of rotatable bonds is 6. The number of carbonyl (C=O) groups excluding carboxylic acids is 1. The van der Waals surface area contributed by atoms with Gasteiger partial charge in [-0.15, -0.1) is 6.58 Å². The Hall–Kier alpha value is -1.09. The fraction of sp³-hybridized carbons (Fsp3) is 0.643. The van der Waals surface area contributed by atoms with E-state index in [0.29, 0.717) is 12.2 Å². The molecule has 0 unspecified atom stereocenters. The molecule has 0 N–H and O–H groups in total. The zero-order chi connectivity index (χ0) is 12.7. The lowest BCUT2D eigenvalue weighted by molar-refractivity contribution is -0.151. The van der Waals surface area contributed by atoms with Crippen LogP contribution in [0.2, 0.25) is 0 Å². The molecular weight excluding hydrogens is 216 g/mol. The van der Waals surface area contributed by atoms with Crippen molar-refractivity contribution in [2.24, 2.45) is 11.8 Å². The minimum absolute atomic E-state index is 0.0208. The Balaban J connectivity index is 2.26. The van der Waals surface area contributed by atoms with E-state index in [1.165, 1.54) is 12.8 Å². The molecule has 0 spiro atoms. The third-order valence-corrected chi connectivity index (χ3v) is 3.28. The molecule has 0 saturated heterocycles. The lowest BCUT2D eigenvalue weighted by Crippen LogP contribution is -2.20. The molecule has 3 nitrogen and oxygen atoms in total. The summed E-state index contributed by atoms with van der Waals surface area (Å²) in [4.78, 5) is 11.7. The van der Waals surface area contributed by atoms with Crippen LogP contribution in [0.25, 0.3) is 0 Å². The van der Waals surface area contributed by atoms with E-state index in [2.05, 4.69) is 20.1 Å². The predicted octanol–water partition coefficient (Wildman–Crippen LogP) is 3.07. The average molecular weight is 238 g/mol. The highest BCUT2D eigenvalue weighted by atomic mass is 16.7. The topological polar surface area (TPSA) is 35.5 Å². The van der Waals surface area contributed by atoms with Crippen molar-refractivity contribution in [3.63, 3.8) is 0 Å². The maximum absolute atomic E-state index is 11.7. The van der Waals surface area contributed by atoms with E-state index in [1.807, 2.05) is 0 Å². The summed E-state index contributed by atoms with van der Waals surface area (Å²) in [5, 5.41) is 0. The van der Waals surface area contributed by atoms with Crippen LogP contribution >= 0.6 is 0 Å². The Bertz CT molecular complexity index is 275. The zero-order valence-electron chi connectivity index (χ0n) is 10.6. The van der Waals surface area contributed by atoms with Crippen LogP contribution in [-0.4, -0.2) is 19.4 Å². The van der Waals surface area contributed by atoms with Crippen molar-refractivity contribution in [3.8, 4) is 0 Å². The van der Waals surface area contributed by atoms with Crippen molar-refractivity contribution in [1.82, 2.24) is 0 Å². The third-order valence-electron chi connectivity index (χ3n) is 3.28. The summed E-state index contributed by atoms with van der Waals surface area (Å²) >= 11 is 0. The first-order valence-electron chi connectivity index (χ1n) is 6.19. The first-order valence-corrected chi connectivity index (χ1v) is 6.19. The fourth-order valence-corrected chi connectivity index (χ4v) is 2.09. The van der Waals surface area contributed by atoms with E-state index < -0.39 is 0 Å². The monoisotopic (exact) mass is 238 g/mol. The molecule has 1 aliphatic carbocycles. The number of esters is 1. The van der Waals surface area contributed by atoms with E-state index in [1.54, 1.807) is 6.08 Å². The van der Waals surface area contributed by atoms with Crippen LogP contribution in [0.1, 0.15) is 32.6 Å². The molecule has 0 aromatic heterocycles. The molecule has 3 heteroatoms. The van der Waals surface area contributed by atoms with E-state index in [0.717, 1.165) is 18.8 Å². The van der Waals surface area contributed by atoms with Gasteiger partial charge in [0.2, 0.25) is 0 Å². The maximum atomic E-state index is 11.7. The molecule has 0 aromatic carbocycles. The molecule has 0 aliphatic heterocycles. The molecule has 1 rings (SSSR count). The molecular formula is C14H22O3. The van der Waals surface area contributed by atoms with Crippen molar-refractivity contribution in [3.05, 3.63) is 24.8 Å². The second kappa shape index (κ2) is 7.28. The maximum Gasteiger partial charge on any atom is 0.335 e. The Morgan fingerprint density at radius 2 is 2.00 bits per heavy atom. The van der Waals surface area contributed by atoms with Crippen molar-refractivity contribution in [1.29, 1.82) is 0 Å². The van der Waals surface area contributed by atoms with Gasteiger partial charge < -0.3 is 9.47 Å². The minimum atomic E-state index is -0.325. The fourth-order valence-electron chi connectivity index (χ4n) is 2.09. The standard InChI is InChI=1S/C14H22O3/c1-4-9-16-10-17-14(15)12(3)13-7-5-11(2)6-8-13/h4,11,13H,1,3,5-10H2,2H3. The molecule has 1 fully saturated rings. The van der Waals surface area contributed by atoms with E-state index in [9.17, 15) is 4.79 Å². The normalized spacial score (nSPS) is 24.1. The van der Waals surface area contributed by atoms with Crippen molar-refractivity contribution in [2.45, 2.75) is 32.6 Å². The smallest absolute Gasteiger partial charge is 0.335 e. The van der Waals surface area contributed by atoms with Crippen molar-refractivity contribution >= 4 is 5.97 Å². The lowest BCUT2D eigenvalue weighted by atomic mass is 9.79. The SMILES string of the molecule is C=CCOCOC(=O)C(=C)C1CCC(C)CC1. The summed E-state index contributed by atoms with van der Waals surface area (Å²) in [5.74, 6) is 0.734. The first-order chi connectivity index (χ1) is 8.15. The van der Waals surface area contributed by atoms with Crippen molar-refractivity contribution in [2.75, 3.05) is 13.4 Å². The molecule has 0 amide bonds. The Morgan fingerprint density at radius 3 is 2.59 bits per heavy atom. The molecule has 1 aliphatic rings. The number of hydrogen-bond donors (Lipinski definition) is 0. The Labute approximate surface area is 103 Å². The van der Waals surface area contributed by atoms with Crippen LogP contribution < -0.4 is 0 Å².